The molecule has 1 aromatic heterocycles. The van der Waals surface area contributed by atoms with Gasteiger partial charge in [-0.2, -0.15) is 0 Å². The Hall–Kier alpha value is -4.27. The van der Waals surface area contributed by atoms with E-state index in [1.54, 1.807) is 18.2 Å². The summed E-state index contributed by atoms with van der Waals surface area (Å²) in [6.45, 7) is -0.354. The molecule has 1 aliphatic carbocycles. The lowest BCUT2D eigenvalue weighted by atomic mass is 9.82. The molecule has 0 amide bonds. The molecule has 2 N–H and O–H groups in total. The number of nitrogen functional groups attached to an aromatic ring is 1. The van der Waals surface area contributed by atoms with Crippen LogP contribution in [-0.2, 0) is 25.4 Å². The maximum Gasteiger partial charge on any atom is 0.340 e. The Bertz CT molecular complexity index is 1410. The summed E-state index contributed by atoms with van der Waals surface area (Å²) < 4.78 is 7.33. The molecule has 0 radical (unpaired) electrons. The largest absolute Gasteiger partial charge is 0.456 e. The summed E-state index contributed by atoms with van der Waals surface area (Å²) in [4.78, 5) is 62.1. The number of nitrogens with two attached hydrogens (primary N) is 1. The molecule has 9 heteroatoms. The Labute approximate surface area is 175 Å². The zero-order chi connectivity index (χ0) is 22.4. The van der Waals surface area contributed by atoms with E-state index >= 15 is 0 Å². The van der Waals surface area contributed by atoms with Gasteiger partial charge < -0.3 is 10.5 Å². The molecule has 0 bridgehead atoms. The average molecular weight is 419 g/mol. The van der Waals surface area contributed by atoms with Crippen LogP contribution in [0.5, 0.6) is 0 Å². The number of aromatic nitrogens is 2. The van der Waals surface area contributed by atoms with E-state index in [1.165, 1.54) is 42.9 Å². The normalized spacial score (nSPS) is 12.3. The third-order valence-electron chi connectivity index (χ3n) is 5.33. The summed E-state index contributed by atoms with van der Waals surface area (Å²) in [6.07, 6.45) is 0. The molecule has 0 atom stereocenters. The number of ketones is 2. The van der Waals surface area contributed by atoms with Gasteiger partial charge in [0.1, 0.15) is 6.61 Å². The van der Waals surface area contributed by atoms with Crippen molar-refractivity contribution in [2.45, 2.75) is 6.61 Å². The van der Waals surface area contributed by atoms with E-state index in [-0.39, 0.29) is 51.6 Å². The first-order valence-corrected chi connectivity index (χ1v) is 9.26. The van der Waals surface area contributed by atoms with Gasteiger partial charge in [-0.1, -0.05) is 24.3 Å². The number of rotatable bonds is 3. The van der Waals surface area contributed by atoms with Gasteiger partial charge >= 0.3 is 11.7 Å². The summed E-state index contributed by atoms with van der Waals surface area (Å²) in [7, 11) is 2.78. The molecule has 31 heavy (non-hydrogen) atoms. The van der Waals surface area contributed by atoms with Crippen LogP contribution in [0.3, 0.4) is 0 Å². The monoisotopic (exact) mass is 419 g/mol. The maximum atomic E-state index is 12.9. The SMILES string of the molecule is Cn1c(COC(=O)c2ccc3c(c2N)C(=O)c2ccccc2C3=O)cc(=O)n(C)c1=O. The minimum absolute atomic E-state index is 0.0425. The van der Waals surface area contributed by atoms with Crippen molar-refractivity contribution in [2.75, 3.05) is 5.73 Å². The first-order valence-electron chi connectivity index (χ1n) is 9.26. The number of carbonyl (C=O) groups excluding carboxylic acids is 3. The molecule has 0 fully saturated rings. The van der Waals surface area contributed by atoms with Crippen LogP contribution in [0, 0.1) is 0 Å². The number of fused-ring (bicyclic) bond motifs is 2. The molecular formula is C22H17N3O6. The van der Waals surface area contributed by atoms with Crippen LogP contribution in [0.4, 0.5) is 5.69 Å². The third-order valence-corrected chi connectivity index (χ3v) is 5.33. The van der Waals surface area contributed by atoms with Crippen LogP contribution in [-0.4, -0.2) is 26.7 Å². The summed E-state index contributed by atoms with van der Waals surface area (Å²) in [5.41, 5.74) is 5.51. The van der Waals surface area contributed by atoms with E-state index in [0.717, 1.165) is 4.57 Å². The number of benzene rings is 2. The van der Waals surface area contributed by atoms with Gasteiger partial charge in [0.2, 0.25) is 0 Å². The highest BCUT2D eigenvalue weighted by molar-refractivity contribution is 6.30. The molecule has 1 aliphatic rings. The average Bonchev–Trinajstić information content (AvgIpc) is 2.77. The fourth-order valence-corrected chi connectivity index (χ4v) is 3.52. The Morgan fingerprint density at radius 3 is 2.23 bits per heavy atom. The summed E-state index contributed by atoms with van der Waals surface area (Å²) >= 11 is 0. The fourth-order valence-electron chi connectivity index (χ4n) is 3.52. The predicted molar refractivity (Wildman–Crippen MR) is 110 cm³/mol. The number of hydrogen-bond donors (Lipinski definition) is 1. The molecule has 0 aliphatic heterocycles. The van der Waals surface area contributed by atoms with E-state index < -0.39 is 23.0 Å². The minimum atomic E-state index is -0.854. The molecule has 156 valence electrons. The lowest BCUT2D eigenvalue weighted by Crippen LogP contribution is -2.38. The number of ether oxygens (including phenoxy) is 1. The zero-order valence-electron chi connectivity index (χ0n) is 16.7. The number of esters is 1. The fraction of sp³-hybridized carbons (Fsp3) is 0.136. The first kappa shape index (κ1) is 20.0. The Kier molecular flexibility index (Phi) is 4.65. The molecule has 4 rings (SSSR count). The standard InChI is InChI=1S/C22H17N3O6/c1-24-11(9-16(26)25(2)22(24)30)10-31-21(29)15-8-7-14-17(18(15)23)20(28)13-6-4-3-5-12(13)19(14)27/h3-9H,10,23H2,1-2H3. The molecule has 9 nitrogen and oxygen atoms in total. The Morgan fingerprint density at radius 1 is 0.903 bits per heavy atom. The lowest BCUT2D eigenvalue weighted by molar-refractivity contribution is 0.0463. The van der Waals surface area contributed by atoms with Crippen LogP contribution >= 0.6 is 0 Å². The van der Waals surface area contributed by atoms with Crippen molar-refractivity contribution in [1.82, 2.24) is 9.13 Å². The zero-order valence-corrected chi connectivity index (χ0v) is 16.7. The van der Waals surface area contributed by atoms with E-state index in [4.69, 9.17) is 10.5 Å². The van der Waals surface area contributed by atoms with Crippen molar-refractivity contribution in [3.8, 4) is 0 Å². The van der Waals surface area contributed by atoms with Crippen LogP contribution in [0.25, 0.3) is 0 Å². The van der Waals surface area contributed by atoms with Crippen molar-refractivity contribution in [1.29, 1.82) is 0 Å². The first-order chi connectivity index (χ1) is 14.7. The Morgan fingerprint density at radius 2 is 1.55 bits per heavy atom. The van der Waals surface area contributed by atoms with Gasteiger partial charge in [-0.25, -0.2) is 9.59 Å². The van der Waals surface area contributed by atoms with Crippen molar-refractivity contribution in [2.24, 2.45) is 14.1 Å². The number of anilines is 1. The van der Waals surface area contributed by atoms with Crippen molar-refractivity contribution in [3.05, 3.63) is 96.8 Å². The van der Waals surface area contributed by atoms with Gasteiger partial charge in [-0.05, 0) is 12.1 Å². The number of hydrogen-bond acceptors (Lipinski definition) is 7. The van der Waals surface area contributed by atoms with E-state index in [2.05, 4.69) is 0 Å². The van der Waals surface area contributed by atoms with Crippen molar-refractivity contribution in [3.63, 3.8) is 0 Å². The number of carbonyl (C=O) groups is 3. The van der Waals surface area contributed by atoms with Crippen molar-refractivity contribution < 1.29 is 19.1 Å². The van der Waals surface area contributed by atoms with Gasteiger partial charge in [-0.15, -0.1) is 0 Å². The third kappa shape index (κ3) is 3.07. The van der Waals surface area contributed by atoms with E-state index in [9.17, 15) is 24.0 Å². The quantitative estimate of drug-likeness (QED) is 0.384. The second-order valence-corrected chi connectivity index (χ2v) is 7.10. The molecular weight excluding hydrogens is 402 g/mol. The summed E-state index contributed by atoms with van der Waals surface area (Å²) in [6, 6.07) is 10.3. The second kappa shape index (κ2) is 7.21. The van der Waals surface area contributed by atoms with Crippen LogP contribution < -0.4 is 17.0 Å². The van der Waals surface area contributed by atoms with E-state index in [0.29, 0.717) is 0 Å². The molecule has 1 heterocycles. The molecule has 2 aromatic carbocycles. The van der Waals surface area contributed by atoms with Gasteiger partial charge in [0.05, 0.1) is 22.5 Å². The molecule has 0 saturated carbocycles. The minimum Gasteiger partial charge on any atom is -0.456 e. The van der Waals surface area contributed by atoms with E-state index in [1.807, 2.05) is 0 Å². The van der Waals surface area contributed by atoms with Crippen LogP contribution in [0.15, 0.2) is 52.1 Å². The highest BCUT2D eigenvalue weighted by Gasteiger charge is 2.33. The summed E-state index contributed by atoms with van der Waals surface area (Å²) in [5.74, 6) is -1.66. The lowest BCUT2D eigenvalue weighted by Gasteiger charge is -2.20. The topological polar surface area (TPSA) is 130 Å². The molecule has 0 spiro atoms. The highest BCUT2D eigenvalue weighted by Crippen LogP contribution is 2.32. The maximum absolute atomic E-state index is 12.9. The van der Waals surface area contributed by atoms with Gasteiger partial charge in [0, 0.05) is 36.9 Å². The molecule has 3 aromatic rings. The van der Waals surface area contributed by atoms with Gasteiger partial charge in [0.25, 0.3) is 5.56 Å². The predicted octanol–water partition coefficient (Wildman–Crippen LogP) is 0.799. The van der Waals surface area contributed by atoms with Gasteiger partial charge in [-0.3, -0.25) is 23.5 Å². The smallest absolute Gasteiger partial charge is 0.340 e. The van der Waals surface area contributed by atoms with Gasteiger partial charge in [0.15, 0.2) is 11.6 Å². The number of nitrogens with zero attached hydrogens (tertiary/aromatic N) is 2. The summed E-state index contributed by atoms with van der Waals surface area (Å²) in [5, 5.41) is 0. The van der Waals surface area contributed by atoms with Crippen LogP contribution in [0.1, 0.15) is 47.9 Å². The van der Waals surface area contributed by atoms with Crippen LogP contribution in [0.2, 0.25) is 0 Å². The molecule has 0 unspecified atom stereocenters. The molecule has 0 saturated heterocycles. The second-order valence-electron chi connectivity index (χ2n) is 7.10. The highest BCUT2D eigenvalue weighted by atomic mass is 16.5. The Balaban J connectivity index is 1.67. The van der Waals surface area contributed by atoms with Crippen molar-refractivity contribution >= 4 is 23.2 Å².